The summed E-state index contributed by atoms with van der Waals surface area (Å²) in [7, 11) is -5.36. The zero-order valence-electron chi connectivity index (χ0n) is 29.2. The molecule has 17 nitrogen and oxygen atoms in total. The highest BCUT2D eigenvalue weighted by atomic mass is 35.5. The van der Waals surface area contributed by atoms with Crippen molar-refractivity contribution >= 4 is 63.0 Å². The van der Waals surface area contributed by atoms with Gasteiger partial charge in [0.25, 0.3) is 0 Å². The zero-order valence-corrected chi connectivity index (χ0v) is 30.8. The fraction of sp³-hybridized carbons (Fsp3) is 0.581. The van der Waals surface area contributed by atoms with Gasteiger partial charge in [-0.25, -0.2) is 8.42 Å². The minimum Gasteiger partial charge on any atom is -0.480 e. The lowest BCUT2D eigenvalue weighted by molar-refractivity contribution is -0.143. The number of benzene rings is 1. The maximum Gasteiger partial charge on any atom is 0.417 e. The molecule has 0 unspecified atom stereocenters. The number of aliphatic carboxylic acids is 1. The number of alkyl halides is 3. The molecule has 296 valence electrons. The summed E-state index contributed by atoms with van der Waals surface area (Å²) < 4.78 is 69.0. The van der Waals surface area contributed by atoms with Gasteiger partial charge >= 0.3 is 12.1 Å². The number of hydrogen-bond donors (Lipinski definition) is 6. The second-order valence-electron chi connectivity index (χ2n) is 12.7. The van der Waals surface area contributed by atoms with Gasteiger partial charge in [-0.1, -0.05) is 25.4 Å². The number of primary amides is 2. The van der Waals surface area contributed by atoms with Gasteiger partial charge in [-0.05, 0) is 50.3 Å². The van der Waals surface area contributed by atoms with Gasteiger partial charge in [0.2, 0.25) is 45.5 Å². The summed E-state index contributed by atoms with van der Waals surface area (Å²) in [6.07, 6.45) is -5.76. The average Bonchev–Trinajstić information content (AvgIpc) is 3.49. The molecule has 0 saturated carbocycles. The molecular formula is C31H43ClF3N7O10S. The van der Waals surface area contributed by atoms with Crippen molar-refractivity contribution in [3.8, 4) is 0 Å². The molecule has 1 aliphatic heterocycles. The van der Waals surface area contributed by atoms with E-state index in [1.54, 1.807) is 13.8 Å². The Labute approximate surface area is 308 Å². The van der Waals surface area contributed by atoms with Crippen molar-refractivity contribution in [1.29, 1.82) is 0 Å². The van der Waals surface area contributed by atoms with Crippen LogP contribution in [0.4, 0.5) is 13.2 Å². The van der Waals surface area contributed by atoms with Crippen LogP contribution < -0.4 is 27.4 Å². The van der Waals surface area contributed by atoms with E-state index in [2.05, 4.69) is 16.0 Å². The number of halogens is 4. The molecule has 6 amide bonds. The van der Waals surface area contributed by atoms with Crippen LogP contribution in [0.3, 0.4) is 0 Å². The quantitative estimate of drug-likeness (QED) is 0.117. The largest absolute Gasteiger partial charge is 0.480 e. The van der Waals surface area contributed by atoms with Crippen LogP contribution in [-0.4, -0.2) is 107 Å². The van der Waals surface area contributed by atoms with Crippen molar-refractivity contribution in [3.63, 3.8) is 0 Å². The first-order chi connectivity index (χ1) is 24.4. The monoisotopic (exact) mass is 797 g/mol. The standard InChI is InChI=1S/C31H43ClF3N7O10S/c1-15(2)26(29(48)41-11-5-6-18(41)12-25(37)45)40-28(47)22(14-38-17(4)43)39-27(46)16(3)42(23(30(49)50)9-10-24(36)44)53(51,52)19-7-8-21(32)20(13-19)31(33,34)35/h7-8,13,15-16,18,22-23,26H,5-6,9-12,14H2,1-4H3,(H2,36,44)(H2,37,45)(H,38,43)(H,39,46)(H,40,47)(H,49,50)/t16-,18-,22-,23-,26-/m0/s1. The maximum absolute atomic E-state index is 14.0. The Morgan fingerprint density at radius 1 is 1.04 bits per heavy atom. The van der Waals surface area contributed by atoms with E-state index in [1.165, 1.54) is 4.90 Å². The smallest absolute Gasteiger partial charge is 0.417 e. The normalized spacial score (nSPS) is 17.1. The van der Waals surface area contributed by atoms with Gasteiger partial charge in [0, 0.05) is 38.9 Å². The predicted octanol–water partition coefficient (Wildman–Crippen LogP) is 0.0848. The van der Waals surface area contributed by atoms with Crippen molar-refractivity contribution < 1.29 is 60.3 Å². The third-order valence-electron chi connectivity index (χ3n) is 8.35. The van der Waals surface area contributed by atoms with E-state index in [1.807, 2.05) is 0 Å². The van der Waals surface area contributed by atoms with E-state index < -0.39 is 129 Å². The van der Waals surface area contributed by atoms with Crippen molar-refractivity contribution in [1.82, 2.24) is 25.2 Å². The Bertz CT molecular complexity index is 1700. The number of nitrogens with zero attached hydrogens (tertiary/aromatic N) is 2. The molecule has 22 heteroatoms. The van der Waals surface area contributed by atoms with Crippen LogP contribution in [0.5, 0.6) is 0 Å². The minimum absolute atomic E-state index is 0.0665. The number of nitrogens with two attached hydrogens (primary N) is 2. The lowest BCUT2D eigenvalue weighted by atomic mass is 10.0. The van der Waals surface area contributed by atoms with Gasteiger partial charge < -0.3 is 37.4 Å². The summed E-state index contributed by atoms with van der Waals surface area (Å²) in [5, 5.41) is 16.2. The fourth-order valence-electron chi connectivity index (χ4n) is 5.67. The molecule has 1 aromatic rings. The molecule has 0 bridgehead atoms. The number of carboxylic acids is 1. The van der Waals surface area contributed by atoms with Crippen LogP contribution in [0, 0.1) is 5.92 Å². The summed E-state index contributed by atoms with van der Waals surface area (Å²) in [6, 6.07) is -6.42. The Hall–Kier alpha value is -4.50. The highest BCUT2D eigenvalue weighted by Crippen LogP contribution is 2.37. The van der Waals surface area contributed by atoms with Crippen LogP contribution in [0.25, 0.3) is 0 Å². The SMILES string of the molecule is CC(=O)NC[C@H](NC(=O)[C@H](C)N([C@@H](CCC(N)=O)C(=O)O)S(=O)(=O)c1ccc(Cl)c(C(F)(F)F)c1)C(=O)N[C@H](C(=O)N1CCC[C@H]1CC(N)=O)C(C)C. The van der Waals surface area contributed by atoms with E-state index in [0.717, 1.165) is 13.8 Å². The Morgan fingerprint density at radius 3 is 2.17 bits per heavy atom. The zero-order chi connectivity index (χ0) is 40.6. The lowest BCUT2D eigenvalue weighted by Gasteiger charge is -2.34. The Morgan fingerprint density at radius 2 is 1.66 bits per heavy atom. The summed E-state index contributed by atoms with van der Waals surface area (Å²) in [5.74, 6) is -7.79. The van der Waals surface area contributed by atoms with Gasteiger partial charge in [0.15, 0.2) is 0 Å². The van der Waals surface area contributed by atoms with Crippen LogP contribution in [0.2, 0.25) is 5.02 Å². The van der Waals surface area contributed by atoms with E-state index in [0.29, 0.717) is 25.0 Å². The highest BCUT2D eigenvalue weighted by Gasteiger charge is 2.44. The Balaban J connectivity index is 2.56. The number of amides is 6. The van der Waals surface area contributed by atoms with Gasteiger partial charge in [0.1, 0.15) is 24.2 Å². The number of carboxylic acid groups (broad SMARTS) is 1. The number of sulfonamides is 1. The first-order valence-electron chi connectivity index (χ1n) is 16.2. The van der Waals surface area contributed by atoms with Crippen LogP contribution in [-0.2, 0) is 49.8 Å². The number of hydrogen-bond acceptors (Lipinski definition) is 9. The van der Waals surface area contributed by atoms with E-state index in [9.17, 15) is 60.3 Å². The molecule has 1 aliphatic rings. The first-order valence-corrected chi connectivity index (χ1v) is 18.1. The average molecular weight is 798 g/mol. The summed E-state index contributed by atoms with van der Waals surface area (Å²) >= 11 is 5.65. The third-order valence-corrected chi connectivity index (χ3v) is 10.7. The molecule has 0 radical (unpaired) electrons. The molecule has 1 fully saturated rings. The van der Waals surface area contributed by atoms with Crippen molar-refractivity contribution in [3.05, 3.63) is 28.8 Å². The third kappa shape index (κ3) is 12.0. The highest BCUT2D eigenvalue weighted by molar-refractivity contribution is 7.89. The number of carbonyl (C=O) groups is 7. The van der Waals surface area contributed by atoms with Crippen LogP contribution >= 0.6 is 11.6 Å². The van der Waals surface area contributed by atoms with Gasteiger partial charge in [0.05, 0.1) is 15.5 Å². The second kappa shape index (κ2) is 18.5. The molecule has 2 rings (SSSR count). The fourth-order valence-corrected chi connectivity index (χ4v) is 7.68. The lowest BCUT2D eigenvalue weighted by Crippen LogP contribution is -2.61. The molecule has 53 heavy (non-hydrogen) atoms. The molecule has 1 saturated heterocycles. The van der Waals surface area contributed by atoms with E-state index in [4.69, 9.17) is 23.1 Å². The minimum atomic E-state index is -5.36. The molecule has 8 N–H and O–H groups in total. The Kier molecular flexibility index (Phi) is 15.6. The van der Waals surface area contributed by atoms with Crippen LogP contribution in [0.1, 0.15) is 65.4 Å². The van der Waals surface area contributed by atoms with Crippen LogP contribution in [0.15, 0.2) is 23.1 Å². The topological polar surface area (TPSA) is 268 Å². The summed E-state index contributed by atoms with van der Waals surface area (Å²) in [5.41, 5.74) is 8.89. The van der Waals surface area contributed by atoms with Crippen molar-refractivity contribution in [2.24, 2.45) is 17.4 Å². The van der Waals surface area contributed by atoms with E-state index >= 15 is 0 Å². The van der Waals surface area contributed by atoms with E-state index in [-0.39, 0.29) is 23.3 Å². The number of rotatable bonds is 18. The van der Waals surface area contributed by atoms with Gasteiger partial charge in [-0.15, -0.1) is 0 Å². The summed E-state index contributed by atoms with van der Waals surface area (Å²) in [4.78, 5) is 88.7. The molecule has 0 spiro atoms. The molecule has 5 atom stereocenters. The van der Waals surface area contributed by atoms with Crippen molar-refractivity contribution in [2.45, 2.75) is 101 Å². The molecule has 1 heterocycles. The van der Waals surface area contributed by atoms with Crippen molar-refractivity contribution in [2.75, 3.05) is 13.1 Å². The molecule has 0 aromatic heterocycles. The van der Waals surface area contributed by atoms with Gasteiger partial charge in [-0.2, -0.15) is 17.5 Å². The summed E-state index contributed by atoms with van der Waals surface area (Å²) in [6.45, 7) is 4.82. The molecule has 0 aliphatic carbocycles. The van der Waals surface area contributed by atoms with Gasteiger partial charge in [-0.3, -0.25) is 33.6 Å². The molecule has 1 aromatic carbocycles. The second-order valence-corrected chi connectivity index (χ2v) is 15.0. The number of likely N-dealkylation sites (tertiary alicyclic amines) is 1. The maximum atomic E-state index is 14.0. The number of carbonyl (C=O) groups excluding carboxylic acids is 6. The first kappa shape index (κ1) is 44.7. The predicted molar refractivity (Wildman–Crippen MR) is 181 cm³/mol. The number of nitrogens with one attached hydrogen (secondary N) is 3. The molecular weight excluding hydrogens is 755 g/mol.